The number of nitrogens with one attached hydrogen (secondary N) is 1. The molecule has 5 heteroatoms. The first kappa shape index (κ1) is 15.2. The average Bonchev–Trinajstić information content (AvgIpc) is 2.49. The lowest BCUT2D eigenvalue weighted by Crippen LogP contribution is -2.01. The number of rotatable bonds is 3. The maximum Gasteiger partial charge on any atom is 0.335 e. The van der Waals surface area contributed by atoms with Gasteiger partial charge in [-0.2, -0.15) is 0 Å². The van der Waals surface area contributed by atoms with Crippen LogP contribution in [-0.4, -0.2) is 29.2 Å². The Balaban J connectivity index is 0.000000217. The molecule has 0 amide bonds. The van der Waals surface area contributed by atoms with Gasteiger partial charge in [0.05, 0.1) is 11.1 Å². The van der Waals surface area contributed by atoms with Crippen LogP contribution in [0.5, 0.6) is 0 Å². The van der Waals surface area contributed by atoms with Crippen molar-refractivity contribution < 1.29 is 19.8 Å². The molecule has 0 aliphatic rings. The molecule has 0 bridgehead atoms. The molecule has 0 aliphatic heterocycles. The van der Waals surface area contributed by atoms with Crippen LogP contribution in [0, 0.1) is 0 Å². The third-order valence-electron chi connectivity index (χ3n) is 2.42. The number of carboxylic acids is 2. The third-order valence-corrected chi connectivity index (χ3v) is 2.42. The molecule has 0 fully saturated rings. The van der Waals surface area contributed by atoms with Crippen molar-refractivity contribution >= 4 is 17.6 Å². The second-order valence-electron chi connectivity index (χ2n) is 3.81. The standard InChI is InChI=1S/C8H6O4.C7H9N/c9-7(10)5-2-1-3-6(4-5)8(11)12;1-8-7-5-3-2-4-6-7/h1-4H,(H,9,10)(H,11,12);2-6,8H,1H3. The van der Waals surface area contributed by atoms with Crippen molar-refractivity contribution in [1.29, 1.82) is 0 Å². The van der Waals surface area contributed by atoms with Crippen LogP contribution in [0.25, 0.3) is 0 Å². The topological polar surface area (TPSA) is 86.6 Å². The highest BCUT2D eigenvalue weighted by molar-refractivity contribution is 5.93. The van der Waals surface area contributed by atoms with Gasteiger partial charge in [0.15, 0.2) is 0 Å². The molecule has 0 saturated carbocycles. The Morgan fingerprint density at radius 1 is 0.850 bits per heavy atom. The molecule has 0 radical (unpaired) electrons. The maximum absolute atomic E-state index is 10.4. The number of anilines is 1. The molecule has 0 spiro atoms. The van der Waals surface area contributed by atoms with Crippen molar-refractivity contribution in [3.8, 4) is 0 Å². The largest absolute Gasteiger partial charge is 0.478 e. The average molecular weight is 273 g/mol. The number of carbonyl (C=O) groups is 2. The smallest absolute Gasteiger partial charge is 0.335 e. The zero-order valence-electron chi connectivity index (χ0n) is 10.9. The SMILES string of the molecule is CNc1ccccc1.O=C(O)c1cccc(C(=O)O)c1. The molecule has 0 heterocycles. The van der Waals surface area contributed by atoms with Gasteiger partial charge in [0, 0.05) is 12.7 Å². The minimum atomic E-state index is -1.13. The zero-order valence-corrected chi connectivity index (χ0v) is 10.9. The molecule has 5 nitrogen and oxygen atoms in total. The lowest BCUT2D eigenvalue weighted by atomic mass is 10.1. The van der Waals surface area contributed by atoms with E-state index in [-0.39, 0.29) is 11.1 Å². The molecular formula is C15H15NO4. The maximum atomic E-state index is 10.4. The highest BCUT2D eigenvalue weighted by Gasteiger charge is 2.06. The number of hydrogen-bond donors (Lipinski definition) is 3. The number of carboxylic acid groups (broad SMARTS) is 2. The van der Waals surface area contributed by atoms with Gasteiger partial charge in [0.25, 0.3) is 0 Å². The molecule has 20 heavy (non-hydrogen) atoms. The molecular weight excluding hydrogens is 258 g/mol. The Hall–Kier alpha value is -2.82. The Morgan fingerprint density at radius 3 is 1.70 bits per heavy atom. The summed E-state index contributed by atoms with van der Waals surface area (Å²) < 4.78 is 0. The summed E-state index contributed by atoms with van der Waals surface area (Å²) in [6.07, 6.45) is 0. The molecule has 0 saturated heterocycles. The van der Waals surface area contributed by atoms with Gasteiger partial charge in [-0.1, -0.05) is 24.3 Å². The number of para-hydroxylation sites is 1. The van der Waals surface area contributed by atoms with Gasteiger partial charge >= 0.3 is 11.9 Å². The summed E-state index contributed by atoms with van der Waals surface area (Å²) in [4.78, 5) is 20.8. The number of aromatic carboxylic acids is 2. The van der Waals surface area contributed by atoms with Gasteiger partial charge in [-0.05, 0) is 30.3 Å². The molecule has 0 atom stereocenters. The highest BCUT2D eigenvalue weighted by Crippen LogP contribution is 2.04. The van der Waals surface area contributed by atoms with E-state index in [1.807, 2.05) is 37.4 Å². The summed E-state index contributed by atoms with van der Waals surface area (Å²) >= 11 is 0. The summed E-state index contributed by atoms with van der Waals surface area (Å²) in [6.45, 7) is 0. The minimum absolute atomic E-state index is 0.0186. The van der Waals surface area contributed by atoms with Crippen molar-refractivity contribution in [3.05, 3.63) is 65.7 Å². The summed E-state index contributed by atoms with van der Waals surface area (Å²) in [5, 5.41) is 20.0. The van der Waals surface area contributed by atoms with Crippen molar-refractivity contribution in [2.75, 3.05) is 12.4 Å². The summed E-state index contributed by atoms with van der Waals surface area (Å²) in [5.41, 5.74) is 1.12. The van der Waals surface area contributed by atoms with Crippen LogP contribution in [0.4, 0.5) is 5.69 Å². The summed E-state index contributed by atoms with van der Waals surface area (Å²) in [6, 6.07) is 15.3. The van der Waals surface area contributed by atoms with Crippen LogP contribution < -0.4 is 5.32 Å². The van der Waals surface area contributed by atoms with Crippen LogP contribution in [0.3, 0.4) is 0 Å². The number of hydrogen-bond acceptors (Lipinski definition) is 3. The van der Waals surface area contributed by atoms with E-state index in [9.17, 15) is 9.59 Å². The van der Waals surface area contributed by atoms with Gasteiger partial charge in [0.1, 0.15) is 0 Å². The monoisotopic (exact) mass is 273 g/mol. The first-order chi connectivity index (χ1) is 9.54. The second kappa shape index (κ2) is 7.58. The van der Waals surface area contributed by atoms with E-state index < -0.39 is 11.9 Å². The molecule has 2 aromatic rings. The van der Waals surface area contributed by atoms with E-state index in [2.05, 4.69) is 5.32 Å². The molecule has 3 N–H and O–H groups in total. The third kappa shape index (κ3) is 4.81. The predicted octanol–water partition coefficient (Wildman–Crippen LogP) is 2.81. The normalized spacial score (nSPS) is 9.05. The molecule has 2 rings (SSSR count). The first-order valence-corrected chi connectivity index (χ1v) is 5.84. The van der Waals surface area contributed by atoms with Crippen LogP contribution in [0.15, 0.2) is 54.6 Å². The Bertz CT molecular complexity index is 552. The second-order valence-corrected chi connectivity index (χ2v) is 3.81. The first-order valence-electron chi connectivity index (χ1n) is 5.84. The Labute approximate surface area is 116 Å². The highest BCUT2D eigenvalue weighted by atomic mass is 16.4. The molecule has 0 unspecified atom stereocenters. The van der Waals surface area contributed by atoms with Gasteiger partial charge in [-0.3, -0.25) is 0 Å². The van der Waals surface area contributed by atoms with Crippen LogP contribution in [-0.2, 0) is 0 Å². The van der Waals surface area contributed by atoms with Crippen molar-refractivity contribution in [2.45, 2.75) is 0 Å². The molecule has 2 aromatic carbocycles. The fraction of sp³-hybridized carbons (Fsp3) is 0.0667. The Morgan fingerprint density at radius 2 is 1.35 bits per heavy atom. The van der Waals surface area contributed by atoms with E-state index in [4.69, 9.17) is 10.2 Å². The van der Waals surface area contributed by atoms with Crippen LogP contribution in [0.2, 0.25) is 0 Å². The molecule has 0 aromatic heterocycles. The van der Waals surface area contributed by atoms with Crippen molar-refractivity contribution in [2.24, 2.45) is 0 Å². The van der Waals surface area contributed by atoms with Crippen molar-refractivity contribution in [3.63, 3.8) is 0 Å². The van der Waals surface area contributed by atoms with E-state index >= 15 is 0 Å². The van der Waals surface area contributed by atoms with E-state index in [1.165, 1.54) is 18.2 Å². The van der Waals surface area contributed by atoms with Crippen LogP contribution in [0.1, 0.15) is 20.7 Å². The van der Waals surface area contributed by atoms with Crippen LogP contribution >= 0.6 is 0 Å². The van der Waals surface area contributed by atoms with Gasteiger partial charge < -0.3 is 15.5 Å². The zero-order chi connectivity index (χ0) is 15.0. The van der Waals surface area contributed by atoms with Crippen molar-refractivity contribution in [1.82, 2.24) is 0 Å². The fourth-order valence-electron chi connectivity index (χ4n) is 1.39. The van der Waals surface area contributed by atoms with Gasteiger partial charge in [-0.25, -0.2) is 9.59 Å². The fourth-order valence-corrected chi connectivity index (χ4v) is 1.39. The summed E-state index contributed by atoms with van der Waals surface area (Å²) in [7, 11) is 1.91. The lowest BCUT2D eigenvalue weighted by Gasteiger charge is -1.95. The molecule has 104 valence electrons. The summed E-state index contributed by atoms with van der Waals surface area (Å²) in [5.74, 6) is -2.25. The van der Waals surface area contributed by atoms with E-state index in [1.54, 1.807) is 0 Å². The predicted molar refractivity (Wildman–Crippen MR) is 76.3 cm³/mol. The van der Waals surface area contributed by atoms with E-state index in [0.717, 1.165) is 11.8 Å². The van der Waals surface area contributed by atoms with Gasteiger partial charge in [0.2, 0.25) is 0 Å². The van der Waals surface area contributed by atoms with Gasteiger partial charge in [-0.15, -0.1) is 0 Å². The number of benzene rings is 2. The molecule has 0 aliphatic carbocycles. The quantitative estimate of drug-likeness (QED) is 0.800. The van der Waals surface area contributed by atoms with E-state index in [0.29, 0.717) is 0 Å². The minimum Gasteiger partial charge on any atom is -0.478 e. The Kier molecular flexibility index (Phi) is 5.77. The lowest BCUT2D eigenvalue weighted by molar-refractivity contribution is 0.0696.